The van der Waals surface area contributed by atoms with Crippen molar-refractivity contribution in [1.82, 2.24) is 14.5 Å². The first kappa shape index (κ1) is 19.2. The zero-order valence-corrected chi connectivity index (χ0v) is 17.9. The summed E-state index contributed by atoms with van der Waals surface area (Å²) in [6, 6.07) is 9.67. The maximum absolute atomic E-state index is 13.1. The van der Waals surface area contributed by atoms with E-state index in [0.717, 1.165) is 35.0 Å². The van der Waals surface area contributed by atoms with Gasteiger partial charge in [-0.1, -0.05) is 42.1 Å². The topological polar surface area (TPSA) is 55.2 Å². The van der Waals surface area contributed by atoms with E-state index in [1.807, 2.05) is 30.3 Å². The summed E-state index contributed by atoms with van der Waals surface area (Å²) < 4.78 is 1.60. The fraction of sp³-hybridized carbons (Fsp3) is 0.381. The second-order valence-electron chi connectivity index (χ2n) is 7.29. The van der Waals surface area contributed by atoms with Crippen molar-refractivity contribution in [3.63, 3.8) is 0 Å². The van der Waals surface area contributed by atoms with E-state index in [-0.39, 0.29) is 11.5 Å². The second-order valence-corrected chi connectivity index (χ2v) is 9.45. The number of aryl methyl sites for hydroxylation is 2. The van der Waals surface area contributed by atoms with Crippen LogP contribution >= 0.6 is 23.1 Å². The van der Waals surface area contributed by atoms with Crippen LogP contribution in [0, 0.1) is 0 Å². The Morgan fingerprint density at radius 1 is 1.21 bits per heavy atom. The molecule has 4 rings (SSSR count). The molecular weight excluding hydrogens is 390 g/mol. The van der Waals surface area contributed by atoms with E-state index in [1.165, 1.54) is 28.6 Å². The molecule has 0 saturated carbocycles. The minimum absolute atomic E-state index is 0.00369. The fourth-order valence-electron chi connectivity index (χ4n) is 3.60. The summed E-state index contributed by atoms with van der Waals surface area (Å²) in [6.07, 6.45) is 4.30. The Kier molecular flexibility index (Phi) is 5.29. The first-order valence-corrected chi connectivity index (χ1v) is 11.1. The Bertz CT molecular complexity index is 1090. The van der Waals surface area contributed by atoms with Crippen LogP contribution in [0.25, 0.3) is 10.2 Å². The molecule has 2 aromatic heterocycles. The average Bonchev–Trinajstić information content (AvgIpc) is 3.08. The number of aromatic nitrogens is 2. The number of hydrogen-bond donors (Lipinski definition) is 0. The molecule has 28 heavy (non-hydrogen) atoms. The SMILES string of the molecule is CN(C)C(=O)[C@@H](Sc1nc2sc3c(c2c(=O)n1C)CCCC3)c1ccccc1. The third kappa shape index (κ3) is 3.37. The summed E-state index contributed by atoms with van der Waals surface area (Å²) >= 11 is 2.99. The van der Waals surface area contributed by atoms with Crippen LogP contribution in [0.15, 0.2) is 40.3 Å². The molecule has 1 aliphatic carbocycles. The van der Waals surface area contributed by atoms with Crippen molar-refractivity contribution in [2.75, 3.05) is 14.1 Å². The van der Waals surface area contributed by atoms with Crippen LogP contribution in [0.5, 0.6) is 0 Å². The van der Waals surface area contributed by atoms with E-state index in [1.54, 1.807) is 41.9 Å². The van der Waals surface area contributed by atoms with E-state index >= 15 is 0 Å². The predicted octanol–water partition coefficient (Wildman–Crippen LogP) is 3.80. The number of rotatable bonds is 4. The van der Waals surface area contributed by atoms with E-state index in [0.29, 0.717) is 5.16 Å². The van der Waals surface area contributed by atoms with Gasteiger partial charge in [0.2, 0.25) is 5.91 Å². The van der Waals surface area contributed by atoms with Gasteiger partial charge in [-0.15, -0.1) is 11.3 Å². The van der Waals surface area contributed by atoms with E-state index in [9.17, 15) is 9.59 Å². The Hall–Kier alpha value is -2.12. The number of fused-ring (bicyclic) bond motifs is 3. The molecule has 7 heteroatoms. The molecule has 5 nitrogen and oxygen atoms in total. The summed E-state index contributed by atoms with van der Waals surface area (Å²) in [5, 5.41) is 0.920. The fourth-order valence-corrected chi connectivity index (χ4v) is 6.11. The van der Waals surface area contributed by atoms with Crippen LogP contribution in [-0.4, -0.2) is 34.5 Å². The van der Waals surface area contributed by atoms with Crippen LogP contribution in [-0.2, 0) is 24.7 Å². The van der Waals surface area contributed by atoms with Gasteiger partial charge in [-0.25, -0.2) is 4.98 Å². The summed E-state index contributed by atoms with van der Waals surface area (Å²) in [4.78, 5) is 34.5. The molecule has 0 spiro atoms. The number of carbonyl (C=O) groups excluding carboxylic acids is 1. The second kappa shape index (κ2) is 7.72. The standard InChI is InChI=1S/C21H23N3O2S2/c1-23(2)20(26)17(13-9-5-4-6-10-13)28-21-22-18-16(19(25)24(21)3)14-11-7-8-12-15(14)27-18/h4-6,9-10,17H,7-8,11-12H2,1-3H3/t17-/m0/s1. The summed E-state index contributed by atoms with van der Waals surface area (Å²) in [6.45, 7) is 0. The van der Waals surface area contributed by atoms with Gasteiger partial charge in [0.05, 0.1) is 5.39 Å². The average molecular weight is 414 g/mol. The van der Waals surface area contributed by atoms with Crippen LogP contribution in [0.1, 0.15) is 34.1 Å². The van der Waals surface area contributed by atoms with Gasteiger partial charge >= 0.3 is 0 Å². The van der Waals surface area contributed by atoms with Gasteiger partial charge in [-0.05, 0) is 36.8 Å². The van der Waals surface area contributed by atoms with Crippen LogP contribution in [0.4, 0.5) is 0 Å². The highest BCUT2D eigenvalue weighted by atomic mass is 32.2. The predicted molar refractivity (Wildman–Crippen MR) is 115 cm³/mol. The lowest BCUT2D eigenvalue weighted by Crippen LogP contribution is -2.28. The first-order valence-electron chi connectivity index (χ1n) is 9.41. The van der Waals surface area contributed by atoms with Crippen molar-refractivity contribution in [1.29, 1.82) is 0 Å². The van der Waals surface area contributed by atoms with Crippen molar-refractivity contribution in [2.24, 2.45) is 7.05 Å². The van der Waals surface area contributed by atoms with Gasteiger partial charge in [0, 0.05) is 26.0 Å². The first-order chi connectivity index (χ1) is 13.5. The van der Waals surface area contributed by atoms with Crippen molar-refractivity contribution < 1.29 is 4.79 Å². The summed E-state index contributed by atoms with van der Waals surface area (Å²) in [5.74, 6) is -0.0176. The van der Waals surface area contributed by atoms with E-state index < -0.39 is 5.25 Å². The maximum atomic E-state index is 13.1. The Morgan fingerprint density at radius 2 is 1.93 bits per heavy atom. The van der Waals surface area contributed by atoms with Crippen molar-refractivity contribution >= 4 is 39.2 Å². The molecule has 0 N–H and O–H groups in total. The molecule has 1 amide bonds. The summed E-state index contributed by atoms with van der Waals surface area (Å²) in [7, 11) is 5.26. The number of hydrogen-bond acceptors (Lipinski definition) is 5. The van der Waals surface area contributed by atoms with Crippen molar-refractivity contribution in [3.05, 3.63) is 56.7 Å². The molecule has 1 aromatic carbocycles. The molecule has 146 valence electrons. The number of benzene rings is 1. The monoisotopic (exact) mass is 413 g/mol. The van der Waals surface area contributed by atoms with Gasteiger partial charge in [0.15, 0.2) is 5.16 Å². The van der Waals surface area contributed by atoms with Crippen molar-refractivity contribution in [2.45, 2.75) is 36.1 Å². The van der Waals surface area contributed by atoms with Gasteiger partial charge < -0.3 is 4.90 Å². The zero-order valence-electron chi connectivity index (χ0n) is 16.3. The smallest absolute Gasteiger partial charge is 0.262 e. The molecule has 0 saturated heterocycles. The molecule has 3 aromatic rings. The number of thiophene rings is 1. The van der Waals surface area contributed by atoms with Gasteiger partial charge in [-0.3, -0.25) is 14.2 Å². The van der Waals surface area contributed by atoms with Crippen LogP contribution in [0.3, 0.4) is 0 Å². The minimum Gasteiger partial charge on any atom is -0.348 e. The highest BCUT2D eigenvalue weighted by Gasteiger charge is 2.27. The van der Waals surface area contributed by atoms with Crippen molar-refractivity contribution in [3.8, 4) is 0 Å². The minimum atomic E-state index is -0.443. The molecule has 0 radical (unpaired) electrons. The molecule has 1 atom stereocenters. The van der Waals surface area contributed by atoms with E-state index in [2.05, 4.69) is 0 Å². The third-order valence-corrected chi connectivity index (χ3v) is 7.62. The number of nitrogens with zero attached hydrogens (tertiary/aromatic N) is 3. The Balaban J connectivity index is 1.80. The lowest BCUT2D eigenvalue weighted by molar-refractivity contribution is -0.128. The molecule has 0 aliphatic heterocycles. The normalized spacial score (nSPS) is 14.7. The Morgan fingerprint density at radius 3 is 2.64 bits per heavy atom. The molecule has 0 unspecified atom stereocenters. The number of carbonyl (C=O) groups is 1. The largest absolute Gasteiger partial charge is 0.348 e. The van der Waals surface area contributed by atoms with Crippen LogP contribution < -0.4 is 5.56 Å². The van der Waals surface area contributed by atoms with Gasteiger partial charge in [0.25, 0.3) is 5.56 Å². The molecular formula is C21H23N3O2S2. The molecule has 1 aliphatic rings. The molecule has 0 fully saturated rings. The van der Waals surface area contributed by atoms with E-state index in [4.69, 9.17) is 4.98 Å². The molecule has 2 heterocycles. The van der Waals surface area contributed by atoms with Gasteiger partial charge in [-0.2, -0.15) is 0 Å². The maximum Gasteiger partial charge on any atom is 0.262 e. The lowest BCUT2D eigenvalue weighted by atomic mass is 9.97. The zero-order chi connectivity index (χ0) is 19.8. The number of thioether (sulfide) groups is 1. The lowest BCUT2D eigenvalue weighted by Gasteiger charge is -2.21. The van der Waals surface area contributed by atoms with Gasteiger partial charge in [0.1, 0.15) is 10.1 Å². The van der Waals surface area contributed by atoms with Crippen LogP contribution in [0.2, 0.25) is 0 Å². The number of likely N-dealkylation sites (N-methyl/N-ethyl adjacent to an activating group) is 1. The highest BCUT2D eigenvalue weighted by Crippen LogP contribution is 2.38. The highest BCUT2D eigenvalue weighted by molar-refractivity contribution is 8.00. The quantitative estimate of drug-likeness (QED) is 0.482. The molecule has 0 bridgehead atoms. The third-order valence-electron chi connectivity index (χ3n) is 5.15. The Labute approximate surface area is 172 Å². The number of amides is 1. The summed E-state index contributed by atoms with van der Waals surface area (Å²) in [5.41, 5.74) is 2.10.